The van der Waals surface area contributed by atoms with E-state index in [9.17, 15) is 18.8 Å². The normalized spacial score (nSPS) is 25.0. The number of hydrogen-bond acceptors (Lipinski definition) is 4. The first kappa shape index (κ1) is 22.5. The van der Waals surface area contributed by atoms with Crippen LogP contribution in [0.3, 0.4) is 0 Å². The number of nitrogens with zero attached hydrogens (tertiary/aromatic N) is 4. The highest BCUT2D eigenvalue weighted by Gasteiger charge is 2.52. The van der Waals surface area contributed by atoms with E-state index in [-0.39, 0.29) is 48.7 Å². The molecule has 1 saturated carbocycles. The molecule has 2 heterocycles. The Morgan fingerprint density at radius 3 is 2.44 bits per heavy atom. The van der Waals surface area contributed by atoms with Crippen LogP contribution in [0.1, 0.15) is 45.1 Å². The summed E-state index contributed by atoms with van der Waals surface area (Å²) in [7, 11) is 1.72. The number of carbonyl (C=O) groups is 3. The van der Waals surface area contributed by atoms with E-state index in [1.165, 1.54) is 12.1 Å². The molecule has 4 amide bonds. The highest BCUT2D eigenvalue weighted by molar-refractivity contribution is 5.91. The standard InChI is InChI=1S/C23H32FN5O3/c1-15(2)21-22(31)27(18-6-4-5-7-18)13-19-28(21)20(30)14-26(3)29(19)23(32)25-12-16-8-10-17(24)11-9-16/h8-11,15,18-19,21H,4-7,12-14H2,1-3H3,(H,25,32)/t19-,21-/m0/s1. The number of urea groups is 1. The molecule has 3 fully saturated rings. The van der Waals surface area contributed by atoms with Gasteiger partial charge in [0, 0.05) is 19.6 Å². The highest BCUT2D eigenvalue weighted by Crippen LogP contribution is 2.33. The van der Waals surface area contributed by atoms with E-state index in [2.05, 4.69) is 5.32 Å². The molecule has 4 rings (SSSR count). The number of amides is 4. The van der Waals surface area contributed by atoms with Gasteiger partial charge in [0.2, 0.25) is 11.8 Å². The molecular formula is C23H32FN5O3. The van der Waals surface area contributed by atoms with Crippen molar-refractivity contribution < 1.29 is 18.8 Å². The van der Waals surface area contributed by atoms with Crippen LogP contribution in [-0.2, 0) is 16.1 Å². The minimum absolute atomic E-state index is 0.00674. The fourth-order valence-electron chi connectivity index (χ4n) is 5.23. The van der Waals surface area contributed by atoms with E-state index < -0.39 is 12.2 Å². The molecule has 174 valence electrons. The zero-order valence-electron chi connectivity index (χ0n) is 19.0. The van der Waals surface area contributed by atoms with Crippen molar-refractivity contribution in [2.24, 2.45) is 5.92 Å². The second-order valence-corrected chi connectivity index (χ2v) is 9.34. The first-order chi connectivity index (χ1) is 15.3. The lowest BCUT2D eigenvalue weighted by atomic mass is 9.95. The summed E-state index contributed by atoms with van der Waals surface area (Å²) < 4.78 is 13.2. The van der Waals surface area contributed by atoms with Gasteiger partial charge in [-0.15, -0.1) is 0 Å². The summed E-state index contributed by atoms with van der Waals surface area (Å²) in [5.41, 5.74) is 0.777. The lowest BCUT2D eigenvalue weighted by Gasteiger charge is -2.56. The summed E-state index contributed by atoms with van der Waals surface area (Å²) >= 11 is 0. The number of halogens is 1. The molecular weight excluding hydrogens is 413 g/mol. The van der Waals surface area contributed by atoms with Crippen molar-refractivity contribution in [3.63, 3.8) is 0 Å². The number of carbonyl (C=O) groups excluding carboxylic acids is 3. The average Bonchev–Trinajstić information content (AvgIpc) is 3.27. The summed E-state index contributed by atoms with van der Waals surface area (Å²) in [5.74, 6) is -0.541. The predicted octanol–water partition coefficient (Wildman–Crippen LogP) is 2.16. The molecule has 3 aliphatic rings. The Hall–Kier alpha value is -2.68. The Labute approximate surface area is 188 Å². The van der Waals surface area contributed by atoms with Crippen LogP contribution in [0.5, 0.6) is 0 Å². The predicted molar refractivity (Wildman–Crippen MR) is 116 cm³/mol. The van der Waals surface area contributed by atoms with Crippen LogP contribution in [0, 0.1) is 11.7 Å². The van der Waals surface area contributed by atoms with E-state index in [0.717, 1.165) is 31.2 Å². The monoisotopic (exact) mass is 445 g/mol. The molecule has 0 radical (unpaired) electrons. The smallest absolute Gasteiger partial charge is 0.334 e. The Balaban J connectivity index is 1.58. The van der Waals surface area contributed by atoms with Gasteiger partial charge in [0.05, 0.1) is 13.1 Å². The number of hydrazine groups is 1. The largest absolute Gasteiger partial charge is 0.334 e. The average molecular weight is 446 g/mol. The number of likely N-dealkylation sites (N-methyl/N-ethyl adjacent to an activating group) is 1. The molecule has 1 aliphatic carbocycles. The van der Waals surface area contributed by atoms with Crippen molar-refractivity contribution >= 4 is 17.8 Å². The Kier molecular flexibility index (Phi) is 6.37. The van der Waals surface area contributed by atoms with Crippen LogP contribution in [-0.4, -0.2) is 76.0 Å². The number of benzene rings is 1. The summed E-state index contributed by atoms with van der Waals surface area (Å²) in [6, 6.07) is 5.20. The first-order valence-corrected chi connectivity index (χ1v) is 11.4. The molecule has 32 heavy (non-hydrogen) atoms. The van der Waals surface area contributed by atoms with Gasteiger partial charge in [-0.3, -0.25) is 9.59 Å². The second kappa shape index (κ2) is 9.05. The minimum atomic E-state index is -0.581. The van der Waals surface area contributed by atoms with Gasteiger partial charge in [0.15, 0.2) is 0 Å². The Morgan fingerprint density at radius 1 is 1.16 bits per heavy atom. The number of fused-ring (bicyclic) bond motifs is 1. The van der Waals surface area contributed by atoms with Gasteiger partial charge < -0.3 is 15.1 Å². The Bertz CT molecular complexity index is 871. The molecule has 0 unspecified atom stereocenters. The van der Waals surface area contributed by atoms with Gasteiger partial charge in [0.25, 0.3) is 0 Å². The van der Waals surface area contributed by atoms with Gasteiger partial charge in [-0.25, -0.2) is 19.2 Å². The van der Waals surface area contributed by atoms with E-state index >= 15 is 0 Å². The third-order valence-electron chi connectivity index (χ3n) is 6.78. The zero-order chi connectivity index (χ0) is 23.0. The van der Waals surface area contributed by atoms with E-state index in [1.807, 2.05) is 18.7 Å². The summed E-state index contributed by atoms with van der Waals surface area (Å²) in [4.78, 5) is 43.2. The fraction of sp³-hybridized carbons (Fsp3) is 0.609. The van der Waals surface area contributed by atoms with Crippen molar-refractivity contribution in [2.75, 3.05) is 20.1 Å². The lowest BCUT2D eigenvalue weighted by Crippen LogP contribution is -2.77. The van der Waals surface area contributed by atoms with Gasteiger partial charge >= 0.3 is 6.03 Å². The maximum Gasteiger partial charge on any atom is 0.334 e. The molecule has 0 spiro atoms. The maximum absolute atomic E-state index is 13.4. The molecule has 0 aromatic heterocycles. The molecule has 2 saturated heterocycles. The number of nitrogens with one attached hydrogen (secondary N) is 1. The van der Waals surface area contributed by atoms with Crippen molar-refractivity contribution in [2.45, 2.75) is 64.3 Å². The van der Waals surface area contributed by atoms with Crippen molar-refractivity contribution in [3.05, 3.63) is 35.6 Å². The molecule has 9 heteroatoms. The molecule has 1 N–H and O–H groups in total. The molecule has 2 aliphatic heterocycles. The highest BCUT2D eigenvalue weighted by atomic mass is 19.1. The third kappa shape index (κ3) is 4.18. The van der Waals surface area contributed by atoms with Crippen LogP contribution in [0.2, 0.25) is 0 Å². The van der Waals surface area contributed by atoms with Gasteiger partial charge in [-0.2, -0.15) is 0 Å². The number of piperazine rings is 1. The van der Waals surface area contributed by atoms with Crippen molar-refractivity contribution in [3.8, 4) is 0 Å². The second-order valence-electron chi connectivity index (χ2n) is 9.34. The molecule has 0 bridgehead atoms. The van der Waals surface area contributed by atoms with E-state index in [4.69, 9.17) is 0 Å². The molecule has 1 aromatic rings. The topological polar surface area (TPSA) is 76.2 Å². The van der Waals surface area contributed by atoms with Crippen molar-refractivity contribution in [1.29, 1.82) is 0 Å². The zero-order valence-corrected chi connectivity index (χ0v) is 19.0. The third-order valence-corrected chi connectivity index (χ3v) is 6.78. The molecule has 2 atom stereocenters. The van der Waals surface area contributed by atoms with Crippen LogP contribution >= 0.6 is 0 Å². The van der Waals surface area contributed by atoms with Crippen LogP contribution in [0.25, 0.3) is 0 Å². The van der Waals surface area contributed by atoms with Crippen molar-refractivity contribution in [1.82, 2.24) is 25.1 Å². The Morgan fingerprint density at radius 2 is 1.81 bits per heavy atom. The van der Waals surface area contributed by atoms with Gasteiger partial charge in [-0.1, -0.05) is 38.8 Å². The first-order valence-electron chi connectivity index (χ1n) is 11.4. The maximum atomic E-state index is 13.4. The summed E-state index contributed by atoms with van der Waals surface area (Å²) in [5, 5.41) is 6.08. The molecule has 1 aromatic carbocycles. The van der Waals surface area contributed by atoms with Gasteiger partial charge in [0.1, 0.15) is 18.0 Å². The van der Waals surface area contributed by atoms with Crippen LogP contribution < -0.4 is 5.32 Å². The van der Waals surface area contributed by atoms with Crippen LogP contribution in [0.4, 0.5) is 9.18 Å². The van der Waals surface area contributed by atoms with E-state index in [0.29, 0.717) is 6.54 Å². The fourth-order valence-corrected chi connectivity index (χ4v) is 5.23. The van der Waals surface area contributed by atoms with E-state index in [1.54, 1.807) is 34.1 Å². The SMILES string of the molecule is CC(C)[C@H]1C(=O)N(C2CCCC2)C[C@H]2N1C(=O)CN(C)N2C(=O)NCc1ccc(F)cc1. The number of rotatable bonds is 4. The van der Waals surface area contributed by atoms with Crippen LogP contribution in [0.15, 0.2) is 24.3 Å². The lowest BCUT2D eigenvalue weighted by molar-refractivity contribution is -0.192. The minimum Gasteiger partial charge on any atom is -0.334 e. The summed E-state index contributed by atoms with van der Waals surface area (Å²) in [6.45, 7) is 4.47. The summed E-state index contributed by atoms with van der Waals surface area (Å²) in [6.07, 6.45) is 3.56. The number of hydrogen-bond donors (Lipinski definition) is 1. The van der Waals surface area contributed by atoms with Gasteiger partial charge in [-0.05, 0) is 36.5 Å². The molecule has 8 nitrogen and oxygen atoms in total. The quantitative estimate of drug-likeness (QED) is 0.771.